The number of aliphatic hydroxyl groups is 1. The number of hydrogen-bond donors (Lipinski definition) is 2. The van der Waals surface area contributed by atoms with Crippen LogP contribution in [0.3, 0.4) is 0 Å². The van der Waals surface area contributed by atoms with E-state index in [1.807, 2.05) is 20.8 Å². The van der Waals surface area contributed by atoms with Crippen LogP contribution in [0.4, 0.5) is 4.79 Å². The van der Waals surface area contributed by atoms with Crippen LogP contribution < -0.4 is 5.32 Å². The first-order valence-electron chi connectivity index (χ1n) is 8.12. The summed E-state index contributed by atoms with van der Waals surface area (Å²) in [5.74, 6) is 0.802. The number of alkyl carbamates (subject to hydrolysis) is 1. The Morgan fingerprint density at radius 2 is 1.95 bits per heavy atom. The maximum atomic E-state index is 12.0. The first kappa shape index (κ1) is 16.6. The quantitative estimate of drug-likeness (QED) is 0.835. The Bertz CT molecular complexity index is 363. The Kier molecular flexibility index (Phi) is 5.15. The molecule has 2 N–H and O–H groups in total. The molecule has 0 bridgehead atoms. The minimum absolute atomic E-state index is 0.0620. The van der Waals surface area contributed by atoms with Crippen molar-refractivity contribution in [3.8, 4) is 0 Å². The lowest BCUT2D eigenvalue weighted by Crippen LogP contribution is -2.55. The van der Waals surface area contributed by atoms with Gasteiger partial charge in [-0.05, 0) is 65.8 Å². The molecule has 21 heavy (non-hydrogen) atoms. The van der Waals surface area contributed by atoms with Gasteiger partial charge < -0.3 is 20.1 Å². The monoisotopic (exact) mass is 298 g/mol. The van der Waals surface area contributed by atoms with Gasteiger partial charge in [0.05, 0.1) is 6.10 Å². The number of aliphatic hydroxyl groups excluding tert-OH is 1. The molecule has 2 saturated carbocycles. The van der Waals surface area contributed by atoms with E-state index in [4.69, 9.17) is 4.74 Å². The Morgan fingerprint density at radius 3 is 2.52 bits per heavy atom. The van der Waals surface area contributed by atoms with Gasteiger partial charge in [0, 0.05) is 18.6 Å². The third-order valence-corrected chi connectivity index (χ3v) is 4.30. The Balaban J connectivity index is 1.92. The third kappa shape index (κ3) is 5.47. The molecule has 2 aliphatic carbocycles. The summed E-state index contributed by atoms with van der Waals surface area (Å²) in [7, 11) is 2.10. The molecule has 3 atom stereocenters. The number of rotatable bonds is 4. The topological polar surface area (TPSA) is 61.8 Å². The predicted octanol–water partition coefficient (Wildman–Crippen LogP) is 2.13. The second kappa shape index (κ2) is 6.53. The van der Waals surface area contributed by atoms with Crippen molar-refractivity contribution in [1.82, 2.24) is 10.2 Å². The van der Waals surface area contributed by atoms with Gasteiger partial charge in [0.2, 0.25) is 0 Å². The highest BCUT2D eigenvalue weighted by molar-refractivity contribution is 5.68. The molecule has 1 amide bonds. The lowest BCUT2D eigenvalue weighted by atomic mass is 9.87. The molecule has 122 valence electrons. The molecular formula is C16H30N2O3. The Morgan fingerprint density at radius 1 is 1.29 bits per heavy atom. The van der Waals surface area contributed by atoms with Gasteiger partial charge in [-0.2, -0.15) is 0 Å². The van der Waals surface area contributed by atoms with E-state index in [2.05, 4.69) is 17.3 Å². The summed E-state index contributed by atoms with van der Waals surface area (Å²) in [6.45, 7) is 6.67. The fourth-order valence-corrected chi connectivity index (χ4v) is 3.08. The molecule has 2 rings (SSSR count). The van der Waals surface area contributed by atoms with Gasteiger partial charge in [0.15, 0.2) is 0 Å². The summed E-state index contributed by atoms with van der Waals surface area (Å²) in [5.41, 5.74) is -0.478. The molecule has 0 radical (unpaired) electrons. The SMILES string of the molecule is CN(CC1CC1)C1CC(O)CCC1NC(=O)OC(C)(C)C. The summed E-state index contributed by atoms with van der Waals surface area (Å²) >= 11 is 0. The zero-order valence-corrected chi connectivity index (χ0v) is 13.8. The second-order valence-electron chi connectivity index (χ2n) is 7.67. The lowest BCUT2D eigenvalue weighted by Gasteiger charge is -2.40. The normalized spacial score (nSPS) is 30.3. The standard InChI is InChI=1S/C16H30N2O3/c1-16(2,3)21-15(20)17-13-8-7-12(19)9-14(13)18(4)10-11-5-6-11/h11-14,19H,5-10H2,1-4H3,(H,17,20). The molecule has 2 aliphatic rings. The molecule has 5 heteroatoms. The molecule has 0 aliphatic heterocycles. The lowest BCUT2D eigenvalue weighted by molar-refractivity contribution is 0.0278. The number of nitrogens with one attached hydrogen (secondary N) is 1. The van der Waals surface area contributed by atoms with E-state index < -0.39 is 5.60 Å². The van der Waals surface area contributed by atoms with Crippen molar-refractivity contribution < 1.29 is 14.6 Å². The molecule has 0 aromatic carbocycles. The van der Waals surface area contributed by atoms with Crippen LogP contribution in [-0.2, 0) is 4.74 Å². The van der Waals surface area contributed by atoms with Crippen molar-refractivity contribution >= 4 is 6.09 Å². The maximum absolute atomic E-state index is 12.0. The summed E-state index contributed by atoms with van der Waals surface area (Å²) in [6, 6.07) is 0.258. The number of amides is 1. The van der Waals surface area contributed by atoms with Crippen molar-refractivity contribution in [1.29, 1.82) is 0 Å². The van der Waals surface area contributed by atoms with Crippen molar-refractivity contribution in [2.24, 2.45) is 5.92 Å². The molecule has 5 nitrogen and oxygen atoms in total. The summed E-state index contributed by atoms with van der Waals surface area (Å²) in [4.78, 5) is 14.3. The van der Waals surface area contributed by atoms with E-state index in [1.54, 1.807) is 0 Å². The number of carbonyl (C=O) groups excluding carboxylic acids is 1. The van der Waals surface area contributed by atoms with E-state index in [-0.39, 0.29) is 24.3 Å². The number of carbonyl (C=O) groups is 1. The van der Waals surface area contributed by atoms with E-state index >= 15 is 0 Å². The van der Waals surface area contributed by atoms with Crippen molar-refractivity contribution in [3.05, 3.63) is 0 Å². The molecular weight excluding hydrogens is 268 g/mol. The summed E-state index contributed by atoms with van der Waals surface area (Å²) in [5, 5.41) is 13.0. The zero-order valence-electron chi connectivity index (χ0n) is 13.8. The van der Waals surface area contributed by atoms with Crippen molar-refractivity contribution in [2.45, 2.75) is 76.7 Å². The fourth-order valence-electron chi connectivity index (χ4n) is 3.08. The largest absolute Gasteiger partial charge is 0.444 e. The van der Waals surface area contributed by atoms with E-state index in [1.165, 1.54) is 12.8 Å². The smallest absolute Gasteiger partial charge is 0.407 e. The highest BCUT2D eigenvalue weighted by Gasteiger charge is 2.36. The second-order valence-corrected chi connectivity index (χ2v) is 7.67. The van der Waals surface area contributed by atoms with Gasteiger partial charge in [-0.1, -0.05) is 0 Å². The molecule has 0 spiro atoms. The van der Waals surface area contributed by atoms with Gasteiger partial charge in [-0.15, -0.1) is 0 Å². The minimum Gasteiger partial charge on any atom is -0.444 e. The van der Waals surface area contributed by atoms with Gasteiger partial charge in [-0.25, -0.2) is 4.79 Å². The number of nitrogens with zero attached hydrogens (tertiary/aromatic N) is 1. The molecule has 0 aromatic rings. The van der Waals surface area contributed by atoms with Crippen molar-refractivity contribution in [3.63, 3.8) is 0 Å². The van der Waals surface area contributed by atoms with Crippen LogP contribution in [-0.4, -0.2) is 53.5 Å². The number of ether oxygens (including phenoxy) is 1. The molecule has 0 heterocycles. The highest BCUT2D eigenvalue weighted by Crippen LogP contribution is 2.32. The van der Waals surface area contributed by atoms with Crippen LogP contribution in [0.1, 0.15) is 52.9 Å². The van der Waals surface area contributed by atoms with E-state index in [9.17, 15) is 9.90 Å². The Labute approximate surface area is 128 Å². The number of hydrogen-bond acceptors (Lipinski definition) is 4. The Hall–Kier alpha value is -0.810. The first-order chi connectivity index (χ1) is 9.74. The van der Waals surface area contributed by atoms with Gasteiger partial charge >= 0.3 is 6.09 Å². The van der Waals surface area contributed by atoms with E-state index in [0.29, 0.717) is 0 Å². The van der Waals surface area contributed by atoms with Crippen LogP contribution in [0.5, 0.6) is 0 Å². The number of likely N-dealkylation sites (N-methyl/N-ethyl adjacent to an activating group) is 1. The average molecular weight is 298 g/mol. The van der Waals surface area contributed by atoms with Crippen LogP contribution in [0.15, 0.2) is 0 Å². The summed E-state index contributed by atoms with van der Waals surface area (Å²) in [6.07, 6.45) is 4.29. The third-order valence-electron chi connectivity index (χ3n) is 4.30. The predicted molar refractivity (Wildman–Crippen MR) is 82.2 cm³/mol. The molecule has 2 fully saturated rings. The first-order valence-corrected chi connectivity index (χ1v) is 8.12. The van der Waals surface area contributed by atoms with Crippen LogP contribution >= 0.6 is 0 Å². The maximum Gasteiger partial charge on any atom is 0.407 e. The summed E-state index contributed by atoms with van der Waals surface area (Å²) < 4.78 is 5.36. The fraction of sp³-hybridized carbons (Fsp3) is 0.938. The molecule has 3 unspecified atom stereocenters. The van der Waals surface area contributed by atoms with Gasteiger partial charge in [-0.3, -0.25) is 0 Å². The van der Waals surface area contributed by atoms with Crippen molar-refractivity contribution in [2.75, 3.05) is 13.6 Å². The molecule has 0 aromatic heterocycles. The van der Waals surface area contributed by atoms with Gasteiger partial charge in [0.25, 0.3) is 0 Å². The zero-order chi connectivity index (χ0) is 15.6. The van der Waals surface area contributed by atoms with Crippen LogP contribution in [0.25, 0.3) is 0 Å². The average Bonchev–Trinajstić information content (AvgIpc) is 3.12. The highest BCUT2D eigenvalue weighted by atomic mass is 16.6. The van der Waals surface area contributed by atoms with Crippen LogP contribution in [0.2, 0.25) is 0 Å². The van der Waals surface area contributed by atoms with Gasteiger partial charge in [0.1, 0.15) is 5.60 Å². The van der Waals surface area contributed by atoms with E-state index in [0.717, 1.165) is 31.7 Å². The van der Waals surface area contributed by atoms with Crippen LogP contribution in [0, 0.1) is 5.92 Å². The minimum atomic E-state index is -0.478. The molecule has 0 saturated heterocycles.